The minimum atomic E-state index is 0.759. The van der Waals surface area contributed by atoms with Gasteiger partial charge in [0.15, 0.2) is 0 Å². The quantitative estimate of drug-likeness (QED) is 0.347. The summed E-state index contributed by atoms with van der Waals surface area (Å²) in [5, 5.41) is 2.86. The fourth-order valence-corrected chi connectivity index (χ4v) is 4.10. The number of methoxy groups -OCH3 is 1. The summed E-state index contributed by atoms with van der Waals surface area (Å²) >= 11 is 7.81. The summed E-state index contributed by atoms with van der Waals surface area (Å²) in [6.45, 7) is 0. The topological polar surface area (TPSA) is 22.1 Å². The molecule has 3 aromatic carbocycles. The molecule has 0 saturated carbocycles. The van der Waals surface area contributed by atoms with Crippen LogP contribution in [0.1, 0.15) is 5.56 Å². The maximum absolute atomic E-state index is 6.10. The van der Waals surface area contributed by atoms with E-state index in [1.54, 1.807) is 18.9 Å². The predicted molar refractivity (Wildman–Crippen MR) is 115 cm³/mol. The maximum Gasteiger partial charge on any atom is 0.121 e. The molecule has 27 heavy (non-hydrogen) atoms. The van der Waals surface area contributed by atoms with Crippen molar-refractivity contribution in [3.63, 3.8) is 0 Å². The van der Waals surface area contributed by atoms with Crippen LogP contribution in [0.4, 0.5) is 0 Å². The number of thioether (sulfide) groups is 1. The molecule has 0 saturated heterocycles. The van der Waals surface area contributed by atoms with E-state index in [1.807, 2.05) is 36.4 Å². The standard InChI is InChI=1S/C23H18ClNOS/c1-26-19-10-11-20-21(17-7-3-2-4-8-17)14-23(25-22(20)13-19)27-15-16-6-5-9-18(24)12-16/h2-14H,15H2,1H3. The molecule has 4 rings (SSSR count). The Morgan fingerprint density at radius 1 is 0.926 bits per heavy atom. The average molecular weight is 392 g/mol. The fourth-order valence-electron chi connectivity index (χ4n) is 3.03. The van der Waals surface area contributed by atoms with Crippen LogP contribution in [0.5, 0.6) is 5.75 Å². The van der Waals surface area contributed by atoms with Crippen molar-refractivity contribution in [1.82, 2.24) is 4.98 Å². The molecule has 2 nitrogen and oxygen atoms in total. The number of benzene rings is 3. The Hall–Kier alpha value is -2.49. The Labute approximate surface area is 168 Å². The summed E-state index contributed by atoms with van der Waals surface area (Å²) in [5.41, 5.74) is 4.47. The van der Waals surface area contributed by atoms with Gasteiger partial charge in [-0.2, -0.15) is 0 Å². The lowest BCUT2D eigenvalue weighted by atomic mass is 10.0. The molecule has 0 spiro atoms. The van der Waals surface area contributed by atoms with Crippen molar-refractivity contribution in [2.75, 3.05) is 7.11 Å². The number of hydrogen-bond donors (Lipinski definition) is 0. The Balaban J connectivity index is 1.76. The number of fused-ring (bicyclic) bond motifs is 1. The number of ether oxygens (including phenoxy) is 1. The second-order valence-electron chi connectivity index (χ2n) is 6.18. The van der Waals surface area contributed by atoms with Crippen molar-refractivity contribution >= 4 is 34.3 Å². The second kappa shape index (κ2) is 8.03. The smallest absolute Gasteiger partial charge is 0.121 e. The highest BCUT2D eigenvalue weighted by molar-refractivity contribution is 7.98. The number of rotatable bonds is 5. The molecule has 4 heteroatoms. The molecule has 0 atom stereocenters. The molecule has 134 valence electrons. The van der Waals surface area contributed by atoms with Gasteiger partial charge in [-0.1, -0.05) is 54.1 Å². The number of nitrogens with zero attached hydrogens (tertiary/aromatic N) is 1. The minimum Gasteiger partial charge on any atom is -0.497 e. The van der Waals surface area contributed by atoms with E-state index in [9.17, 15) is 0 Å². The maximum atomic E-state index is 6.10. The van der Waals surface area contributed by atoms with Gasteiger partial charge in [-0.05, 0) is 47.0 Å². The van der Waals surface area contributed by atoms with E-state index < -0.39 is 0 Å². The van der Waals surface area contributed by atoms with Gasteiger partial charge < -0.3 is 4.74 Å². The van der Waals surface area contributed by atoms with E-state index in [0.29, 0.717) is 0 Å². The van der Waals surface area contributed by atoms with Crippen LogP contribution in [0.15, 0.2) is 83.9 Å². The molecule has 0 unspecified atom stereocenters. The van der Waals surface area contributed by atoms with Crippen LogP contribution in [-0.4, -0.2) is 12.1 Å². The fraction of sp³-hybridized carbons (Fsp3) is 0.0870. The first-order chi connectivity index (χ1) is 13.2. The van der Waals surface area contributed by atoms with Gasteiger partial charge in [0, 0.05) is 22.2 Å². The average Bonchev–Trinajstić information content (AvgIpc) is 2.72. The lowest BCUT2D eigenvalue weighted by molar-refractivity contribution is 0.415. The van der Waals surface area contributed by atoms with E-state index >= 15 is 0 Å². The van der Waals surface area contributed by atoms with Gasteiger partial charge >= 0.3 is 0 Å². The lowest BCUT2D eigenvalue weighted by Crippen LogP contribution is -1.91. The molecular weight excluding hydrogens is 374 g/mol. The Bertz CT molecular complexity index is 1080. The zero-order valence-corrected chi connectivity index (χ0v) is 16.4. The number of pyridine rings is 1. The highest BCUT2D eigenvalue weighted by Gasteiger charge is 2.10. The molecule has 0 bridgehead atoms. The second-order valence-corrected chi connectivity index (χ2v) is 7.61. The molecule has 0 N–H and O–H groups in total. The van der Waals surface area contributed by atoms with Gasteiger partial charge in [0.1, 0.15) is 5.75 Å². The first-order valence-electron chi connectivity index (χ1n) is 8.64. The van der Waals surface area contributed by atoms with E-state index in [0.717, 1.165) is 32.5 Å². The van der Waals surface area contributed by atoms with Crippen LogP contribution in [0.25, 0.3) is 22.0 Å². The minimum absolute atomic E-state index is 0.759. The summed E-state index contributed by atoms with van der Waals surface area (Å²) in [6.07, 6.45) is 0. The zero-order chi connectivity index (χ0) is 18.6. The normalized spacial score (nSPS) is 10.9. The van der Waals surface area contributed by atoms with Gasteiger partial charge in [-0.3, -0.25) is 0 Å². The summed E-state index contributed by atoms with van der Waals surface area (Å²) in [5.74, 6) is 1.63. The molecule has 1 aromatic heterocycles. The monoisotopic (exact) mass is 391 g/mol. The van der Waals surface area contributed by atoms with Crippen molar-refractivity contribution in [3.8, 4) is 16.9 Å². The van der Waals surface area contributed by atoms with Crippen LogP contribution in [0.3, 0.4) is 0 Å². The molecule has 0 radical (unpaired) electrons. The zero-order valence-electron chi connectivity index (χ0n) is 14.9. The summed E-state index contributed by atoms with van der Waals surface area (Å²) in [7, 11) is 1.68. The number of hydrogen-bond acceptors (Lipinski definition) is 3. The molecule has 0 aliphatic heterocycles. The Kier molecular flexibility index (Phi) is 5.33. The summed E-state index contributed by atoms with van der Waals surface area (Å²) in [6, 6.07) is 26.6. The molecule has 0 aliphatic rings. The first kappa shape index (κ1) is 17.9. The predicted octanol–water partition coefficient (Wildman–Crippen LogP) is 6.86. The molecule has 0 fully saturated rings. The van der Waals surface area contributed by atoms with E-state index in [-0.39, 0.29) is 0 Å². The largest absolute Gasteiger partial charge is 0.497 e. The van der Waals surface area contributed by atoms with Gasteiger partial charge in [-0.25, -0.2) is 4.98 Å². The number of halogens is 1. The van der Waals surface area contributed by atoms with E-state index in [2.05, 4.69) is 42.5 Å². The lowest BCUT2D eigenvalue weighted by Gasteiger charge is -2.11. The number of aromatic nitrogens is 1. The van der Waals surface area contributed by atoms with Crippen molar-refractivity contribution in [1.29, 1.82) is 0 Å². The summed E-state index contributed by atoms with van der Waals surface area (Å²) < 4.78 is 5.39. The molecular formula is C23H18ClNOS. The highest BCUT2D eigenvalue weighted by atomic mass is 35.5. The molecule has 4 aromatic rings. The third-order valence-corrected chi connectivity index (χ3v) is 5.57. The van der Waals surface area contributed by atoms with Gasteiger partial charge in [-0.15, -0.1) is 11.8 Å². The molecule has 0 aliphatic carbocycles. The molecule has 1 heterocycles. The Morgan fingerprint density at radius 2 is 1.78 bits per heavy atom. The van der Waals surface area contributed by atoms with Crippen LogP contribution < -0.4 is 4.74 Å². The van der Waals surface area contributed by atoms with Crippen molar-refractivity contribution in [3.05, 3.63) is 89.4 Å². The van der Waals surface area contributed by atoms with Crippen LogP contribution in [-0.2, 0) is 5.75 Å². The van der Waals surface area contributed by atoms with Crippen molar-refractivity contribution in [2.24, 2.45) is 0 Å². The van der Waals surface area contributed by atoms with Crippen molar-refractivity contribution in [2.45, 2.75) is 10.8 Å². The third-order valence-electron chi connectivity index (χ3n) is 4.35. The van der Waals surface area contributed by atoms with Crippen LogP contribution in [0.2, 0.25) is 5.02 Å². The van der Waals surface area contributed by atoms with Crippen molar-refractivity contribution < 1.29 is 4.74 Å². The summed E-state index contributed by atoms with van der Waals surface area (Å²) in [4.78, 5) is 4.86. The molecule has 0 amide bonds. The van der Waals surface area contributed by atoms with Crippen LogP contribution >= 0.6 is 23.4 Å². The van der Waals surface area contributed by atoms with Gasteiger partial charge in [0.25, 0.3) is 0 Å². The first-order valence-corrected chi connectivity index (χ1v) is 10.0. The highest BCUT2D eigenvalue weighted by Crippen LogP contribution is 2.34. The Morgan fingerprint density at radius 3 is 2.56 bits per heavy atom. The van der Waals surface area contributed by atoms with E-state index in [4.69, 9.17) is 21.3 Å². The van der Waals surface area contributed by atoms with Crippen LogP contribution in [0, 0.1) is 0 Å². The SMILES string of the molecule is COc1ccc2c(-c3ccccc3)cc(SCc3cccc(Cl)c3)nc2c1. The third kappa shape index (κ3) is 4.10. The van der Waals surface area contributed by atoms with Gasteiger partial charge in [0.2, 0.25) is 0 Å². The van der Waals surface area contributed by atoms with E-state index in [1.165, 1.54) is 16.7 Å². The van der Waals surface area contributed by atoms with Gasteiger partial charge in [0.05, 0.1) is 17.7 Å².